The van der Waals surface area contributed by atoms with Gasteiger partial charge < -0.3 is 10.6 Å². The van der Waals surface area contributed by atoms with Gasteiger partial charge in [-0.25, -0.2) is 0 Å². The average molecular weight is 288 g/mol. The topological polar surface area (TPSA) is 59.0 Å². The van der Waals surface area contributed by atoms with Crippen LogP contribution in [0, 0.1) is 6.92 Å². The van der Waals surface area contributed by atoms with Gasteiger partial charge in [-0.3, -0.25) is 9.48 Å². The highest BCUT2D eigenvalue weighted by molar-refractivity contribution is 7.99. The number of aromatic nitrogens is 2. The average Bonchev–Trinajstić information content (AvgIpc) is 2.87. The molecule has 1 atom stereocenters. The van der Waals surface area contributed by atoms with Crippen molar-refractivity contribution in [3.8, 4) is 0 Å². The van der Waals surface area contributed by atoms with Gasteiger partial charge in [0.25, 0.3) is 0 Å². The van der Waals surface area contributed by atoms with E-state index in [0.29, 0.717) is 0 Å². The lowest BCUT2D eigenvalue weighted by atomic mass is 10.1. The van der Waals surface area contributed by atoms with Crippen molar-refractivity contribution in [2.75, 3.05) is 12.4 Å². The fourth-order valence-electron chi connectivity index (χ4n) is 2.39. The Hall–Kier alpha value is -1.79. The molecule has 2 aromatic rings. The molecule has 0 aliphatic carbocycles. The smallest absolute Gasteiger partial charge is 0.246 e. The summed E-state index contributed by atoms with van der Waals surface area (Å²) in [6.45, 7) is 1.98. The van der Waals surface area contributed by atoms with Crippen LogP contribution in [0.1, 0.15) is 17.3 Å². The number of fused-ring (bicyclic) bond motifs is 1. The van der Waals surface area contributed by atoms with Crippen LogP contribution in [-0.2, 0) is 11.8 Å². The number of amides is 1. The van der Waals surface area contributed by atoms with Crippen molar-refractivity contribution in [2.24, 2.45) is 7.05 Å². The molecule has 0 bridgehead atoms. The van der Waals surface area contributed by atoms with Crippen LogP contribution in [0.15, 0.2) is 34.2 Å². The summed E-state index contributed by atoms with van der Waals surface area (Å²) in [5.41, 5.74) is 2.89. The SMILES string of the molecule is CNC1C(=O)Nc2cc(Sc3cc(C)nn3C)ccc21. The largest absolute Gasteiger partial charge is 0.324 e. The normalized spacial score (nSPS) is 17.1. The minimum atomic E-state index is -0.247. The Bertz CT molecular complexity index is 680. The Morgan fingerprint density at radius 1 is 1.40 bits per heavy atom. The number of carbonyl (C=O) groups is 1. The van der Waals surface area contributed by atoms with Crippen LogP contribution in [-0.4, -0.2) is 22.7 Å². The van der Waals surface area contributed by atoms with E-state index in [0.717, 1.165) is 26.9 Å². The van der Waals surface area contributed by atoms with Gasteiger partial charge in [-0.2, -0.15) is 5.10 Å². The zero-order chi connectivity index (χ0) is 14.3. The molecule has 0 spiro atoms. The Morgan fingerprint density at radius 2 is 2.20 bits per heavy atom. The Morgan fingerprint density at radius 3 is 2.85 bits per heavy atom. The molecule has 6 heteroatoms. The molecule has 2 heterocycles. The lowest BCUT2D eigenvalue weighted by Gasteiger charge is -2.07. The van der Waals surface area contributed by atoms with Crippen LogP contribution in [0.3, 0.4) is 0 Å². The summed E-state index contributed by atoms with van der Waals surface area (Å²) in [5.74, 6) is 0.000952. The van der Waals surface area contributed by atoms with Gasteiger partial charge >= 0.3 is 0 Å². The van der Waals surface area contributed by atoms with Crippen molar-refractivity contribution in [2.45, 2.75) is 22.9 Å². The quantitative estimate of drug-likeness (QED) is 0.908. The van der Waals surface area contributed by atoms with Gasteiger partial charge in [0.05, 0.1) is 10.7 Å². The van der Waals surface area contributed by atoms with Gasteiger partial charge in [-0.05, 0) is 32.2 Å². The first-order chi connectivity index (χ1) is 9.58. The molecule has 0 saturated carbocycles. The third-order valence-electron chi connectivity index (χ3n) is 3.33. The van der Waals surface area contributed by atoms with E-state index in [4.69, 9.17) is 0 Å². The van der Waals surface area contributed by atoms with Crippen LogP contribution in [0.5, 0.6) is 0 Å². The molecule has 1 amide bonds. The molecule has 0 radical (unpaired) electrons. The molecule has 3 rings (SSSR count). The molecule has 1 aromatic heterocycles. The molecule has 0 saturated heterocycles. The number of hydrogen-bond donors (Lipinski definition) is 2. The number of rotatable bonds is 3. The summed E-state index contributed by atoms with van der Waals surface area (Å²) < 4.78 is 1.86. The van der Waals surface area contributed by atoms with Gasteiger partial charge in [0, 0.05) is 23.2 Å². The fraction of sp³-hybridized carbons (Fsp3) is 0.286. The maximum absolute atomic E-state index is 11.8. The number of likely N-dealkylation sites (N-methyl/N-ethyl adjacent to an activating group) is 1. The van der Waals surface area contributed by atoms with Crippen LogP contribution in [0.4, 0.5) is 5.69 Å². The van der Waals surface area contributed by atoms with E-state index in [1.54, 1.807) is 18.8 Å². The van der Waals surface area contributed by atoms with Crippen LogP contribution >= 0.6 is 11.8 Å². The van der Waals surface area contributed by atoms with Gasteiger partial charge in [0.15, 0.2) is 0 Å². The molecule has 1 unspecified atom stereocenters. The third-order valence-corrected chi connectivity index (χ3v) is 4.41. The number of nitrogens with one attached hydrogen (secondary N) is 2. The maximum Gasteiger partial charge on any atom is 0.246 e. The highest BCUT2D eigenvalue weighted by Crippen LogP contribution is 2.36. The van der Waals surface area contributed by atoms with Crippen molar-refractivity contribution < 1.29 is 4.79 Å². The highest BCUT2D eigenvalue weighted by Gasteiger charge is 2.29. The monoisotopic (exact) mass is 288 g/mol. The predicted octanol–water partition coefficient (Wildman–Crippen LogP) is 2.09. The molecule has 1 aromatic carbocycles. The minimum Gasteiger partial charge on any atom is -0.324 e. The summed E-state index contributed by atoms with van der Waals surface area (Å²) in [4.78, 5) is 12.9. The molecule has 5 nitrogen and oxygen atoms in total. The molecular weight excluding hydrogens is 272 g/mol. The van der Waals surface area contributed by atoms with E-state index in [1.807, 2.05) is 42.9 Å². The summed E-state index contributed by atoms with van der Waals surface area (Å²) in [6.07, 6.45) is 0. The van der Waals surface area contributed by atoms with E-state index in [1.165, 1.54) is 0 Å². The standard InChI is InChI=1S/C14H16N4OS/c1-8-6-12(18(3)17-8)20-9-4-5-10-11(7-9)16-14(19)13(10)15-2/h4-7,13,15H,1-3H3,(H,16,19). The molecule has 1 aliphatic heterocycles. The lowest BCUT2D eigenvalue weighted by Crippen LogP contribution is -2.23. The van der Waals surface area contributed by atoms with E-state index in [-0.39, 0.29) is 11.9 Å². The highest BCUT2D eigenvalue weighted by atomic mass is 32.2. The zero-order valence-electron chi connectivity index (χ0n) is 11.6. The second-order valence-electron chi connectivity index (χ2n) is 4.81. The number of carbonyl (C=O) groups excluding carboxylic acids is 1. The molecule has 1 aliphatic rings. The fourth-order valence-corrected chi connectivity index (χ4v) is 3.35. The van der Waals surface area contributed by atoms with Crippen molar-refractivity contribution >= 4 is 23.4 Å². The van der Waals surface area contributed by atoms with Gasteiger partial charge in [-0.1, -0.05) is 17.8 Å². The first kappa shape index (κ1) is 13.2. The van der Waals surface area contributed by atoms with E-state index in [2.05, 4.69) is 15.7 Å². The Labute approximate surface area is 121 Å². The van der Waals surface area contributed by atoms with E-state index in [9.17, 15) is 4.79 Å². The van der Waals surface area contributed by atoms with E-state index < -0.39 is 0 Å². The lowest BCUT2D eigenvalue weighted by molar-refractivity contribution is -0.117. The van der Waals surface area contributed by atoms with Crippen molar-refractivity contribution in [3.63, 3.8) is 0 Å². The van der Waals surface area contributed by atoms with E-state index >= 15 is 0 Å². The predicted molar refractivity (Wildman–Crippen MR) is 78.9 cm³/mol. The van der Waals surface area contributed by atoms with Crippen molar-refractivity contribution in [1.29, 1.82) is 0 Å². The van der Waals surface area contributed by atoms with Crippen LogP contribution in [0.25, 0.3) is 0 Å². The molecule has 0 fully saturated rings. The second-order valence-corrected chi connectivity index (χ2v) is 5.90. The Kier molecular flexibility index (Phi) is 3.27. The first-order valence-corrected chi connectivity index (χ1v) is 7.20. The zero-order valence-corrected chi connectivity index (χ0v) is 12.4. The number of anilines is 1. The molecule has 104 valence electrons. The maximum atomic E-state index is 11.8. The number of hydrogen-bond acceptors (Lipinski definition) is 4. The number of benzene rings is 1. The first-order valence-electron chi connectivity index (χ1n) is 6.39. The van der Waals surface area contributed by atoms with Gasteiger partial charge in [0.2, 0.25) is 5.91 Å². The Balaban J connectivity index is 1.89. The van der Waals surface area contributed by atoms with Gasteiger partial charge in [0.1, 0.15) is 6.04 Å². The minimum absolute atomic E-state index is 0.000952. The summed E-state index contributed by atoms with van der Waals surface area (Å²) in [6, 6.07) is 7.85. The van der Waals surface area contributed by atoms with Crippen LogP contribution < -0.4 is 10.6 Å². The number of aryl methyl sites for hydroxylation is 2. The van der Waals surface area contributed by atoms with Crippen LogP contribution in [0.2, 0.25) is 0 Å². The molecule has 2 N–H and O–H groups in total. The second kappa shape index (κ2) is 4.96. The summed E-state index contributed by atoms with van der Waals surface area (Å²) in [7, 11) is 3.72. The molecule has 20 heavy (non-hydrogen) atoms. The van der Waals surface area contributed by atoms with Crippen molar-refractivity contribution in [3.05, 3.63) is 35.5 Å². The molecular formula is C14H16N4OS. The summed E-state index contributed by atoms with van der Waals surface area (Å²) >= 11 is 1.64. The number of nitrogens with zero attached hydrogens (tertiary/aromatic N) is 2. The summed E-state index contributed by atoms with van der Waals surface area (Å²) in [5, 5.41) is 11.3. The van der Waals surface area contributed by atoms with Crippen molar-refractivity contribution in [1.82, 2.24) is 15.1 Å². The third kappa shape index (κ3) is 2.21. The van der Waals surface area contributed by atoms with Gasteiger partial charge in [-0.15, -0.1) is 0 Å².